The highest BCUT2D eigenvalue weighted by molar-refractivity contribution is 6.19. The maximum atomic E-state index is 6.19. The highest BCUT2D eigenvalue weighted by Gasteiger charge is 2.18. The second-order valence-corrected chi connectivity index (χ2v) is 10.5. The summed E-state index contributed by atoms with van der Waals surface area (Å²) in [6, 6.07) is 45.7. The first-order valence-corrected chi connectivity index (χ1v) is 14.0. The van der Waals surface area contributed by atoms with Crippen LogP contribution in [-0.2, 0) is 0 Å². The summed E-state index contributed by atoms with van der Waals surface area (Å²) in [4.78, 5) is 15.2. The number of aromatic nitrogens is 4. The van der Waals surface area contributed by atoms with Gasteiger partial charge in [-0.05, 0) is 41.1 Å². The molecular formula is C37H22N4O. The van der Waals surface area contributed by atoms with Crippen molar-refractivity contribution in [1.82, 2.24) is 19.5 Å². The first-order chi connectivity index (χ1) is 20.8. The third-order valence-electron chi connectivity index (χ3n) is 8.05. The van der Waals surface area contributed by atoms with Crippen molar-refractivity contribution in [1.29, 1.82) is 0 Å². The van der Waals surface area contributed by atoms with Gasteiger partial charge in [-0.25, -0.2) is 4.98 Å². The van der Waals surface area contributed by atoms with E-state index in [1.165, 1.54) is 0 Å². The molecule has 0 radical (unpaired) electrons. The number of hydrogen-bond acceptors (Lipinski definition) is 4. The van der Waals surface area contributed by atoms with Crippen LogP contribution in [0.4, 0.5) is 0 Å². The molecule has 0 spiro atoms. The predicted octanol–water partition coefficient (Wildman–Crippen LogP) is 9.36. The average molecular weight is 539 g/mol. The minimum Gasteiger partial charge on any atom is -0.456 e. The van der Waals surface area contributed by atoms with Crippen LogP contribution in [0.2, 0.25) is 0 Å². The van der Waals surface area contributed by atoms with Crippen molar-refractivity contribution in [3.05, 3.63) is 133 Å². The van der Waals surface area contributed by atoms with E-state index in [2.05, 4.69) is 89.5 Å². The van der Waals surface area contributed by atoms with E-state index in [1.807, 2.05) is 48.5 Å². The lowest BCUT2D eigenvalue weighted by Crippen LogP contribution is -2.06. The summed E-state index contributed by atoms with van der Waals surface area (Å²) in [6.07, 6.45) is 0. The van der Waals surface area contributed by atoms with Crippen LogP contribution in [-0.4, -0.2) is 19.5 Å². The maximum absolute atomic E-state index is 6.19. The predicted molar refractivity (Wildman–Crippen MR) is 170 cm³/mol. The first-order valence-electron chi connectivity index (χ1n) is 14.0. The molecule has 3 aromatic heterocycles. The summed E-state index contributed by atoms with van der Waals surface area (Å²) in [5.74, 6) is 1.83. The van der Waals surface area contributed by atoms with Crippen LogP contribution in [0.3, 0.4) is 0 Å². The Balaban J connectivity index is 1.34. The van der Waals surface area contributed by atoms with Gasteiger partial charge in [-0.2, -0.15) is 9.97 Å². The Morgan fingerprint density at radius 3 is 1.83 bits per heavy atom. The first kappa shape index (κ1) is 22.9. The molecular weight excluding hydrogens is 516 g/mol. The van der Waals surface area contributed by atoms with Gasteiger partial charge in [0, 0.05) is 32.7 Å². The number of nitrogens with zero attached hydrogens (tertiary/aromatic N) is 4. The van der Waals surface area contributed by atoms with Gasteiger partial charge in [-0.3, -0.25) is 4.57 Å². The standard InChI is InChI=1S/C37H22N4O/c1-2-10-24(11-3-1)35-38-36(40-37(39-35)41-30-15-7-4-12-26(30)27-13-5-8-16-31(27)41)25-19-18-23-20-21-33-34(29(23)22-25)28-14-6-9-17-32(28)42-33/h1-22H. The zero-order chi connectivity index (χ0) is 27.6. The van der Waals surface area contributed by atoms with Crippen LogP contribution in [0, 0.1) is 0 Å². The molecule has 6 aromatic carbocycles. The van der Waals surface area contributed by atoms with Gasteiger partial charge in [0.25, 0.3) is 0 Å². The molecule has 0 fully saturated rings. The largest absolute Gasteiger partial charge is 0.456 e. The number of furan rings is 1. The van der Waals surface area contributed by atoms with E-state index in [1.54, 1.807) is 0 Å². The molecule has 0 aliphatic carbocycles. The lowest BCUT2D eigenvalue weighted by Gasteiger charge is -2.11. The van der Waals surface area contributed by atoms with Crippen LogP contribution < -0.4 is 0 Å². The topological polar surface area (TPSA) is 56.7 Å². The molecule has 5 heteroatoms. The molecule has 3 heterocycles. The van der Waals surface area contributed by atoms with E-state index in [0.717, 1.165) is 65.6 Å². The van der Waals surface area contributed by atoms with Crippen molar-refractivity contribution in [2.75, 3.05) is 0 Å². The average Bonchev–Trinajstić information content (AvgIpc) is 3.61. The summed E-state index contributed by atoms with van der Waals surface area (Å²) >= 11 is 0. The van der Waals surface area contributed by atoms with Gasteiger partial charge >= 0.3 is 0 Å². The molecule has 0 amide bonds. The maximum Gasteiger partial charge on any atom is 0.238 e. The van der Waals surface area contributed by atoms with E-state index < -0.39 is 0 Å². The fourth-order valence-electron chi connectivity index (χ4n) is 6.13. The normalized spacial score (nSPS) is 11.8. The van der Waals surface area contributed by atoms with Gasteiger partial charge < -0.3 is 4.42 Å². The Morgan fingerprint density at radius 1 is 0.452 bits per heavy atom. The quantitative estimate of drug-likeness (QED) is 0.225. The van der Waals surface area contributed by atoms with E-state index in [9.17, 15) is 0 Å². The van der Waals surface area contributed by atoms with Crippen molar-refractivity contribution < 1.29 is 4.42 Å². The van der Waals surface area contributed by atoms with Gasteiger partial charge in [0.2, 0.25) is 5.95 Å². The van der Waals surface area contributed by atoms with Gasteiger partial charge in [0.05, 0.1) is 11.0 Å². The SMILES string of the molecule is c1ccc(-c2nc(-c3ccc4ccc5oc6ccccc6c5c4c3)nc(-n3c4ccccc4c4ccccc43)n2)cc1. The van der Waals surface area contributed by atoms with Crippen LogP contribution in [0.15, 0.2) is 138 Å². The minimum atomic E-state index is 0.586. The highest BCUT2D eigenvalue weighted by Crippen LogP contribution is 2.37. The van der Waals surface area contributed by atoms with Crippen molar-refractivity contribution in [2.45, 2.75) is 0 Å². The van der Waals surface area contributed by atoms with E-state index in [-0.39, 0.29) is 0 Å². The highest BCUT2D eigenvalue weighted by atomic mass is 16.3. The lowest BCUT2D eigenvalue weighted by molar-refractivity contribution is 0.669. The molecule has 0 saturated carbocycles. The van der Waals surface area contributed by atoms with Gasteiger partial charge in [0.15, 0.2) is 11.6 Å². The summed E-state index contributed by atoms with van der Waals surface area (Å²) in [5.41, 5.74) is 5.71. The Morgan fingerprint density at radius 2 is 1.07 bits per heavy atom. The Bertz CT molecular complexity index is 2420. The van der Waals surface area contributed by atoms with Crippen LogP contribution in [0.25, 0.3) is 83.2 Å². The van der Waals surface area contributed by atoms with Crippen molar-refractivity contribution in [3.63, 3.8) is 0 Å². The lowest BCUT2D eigenvalue weighted by atomic mass is 10.0. The van der Waals surface area contributed by atoms with E-state index in [4.69, 9.17) is 19.4 Å². The van der Waals surface area contributed by atoms with Gasteiger partial charge in [0.1, 0.15) is 11.2 Å². The second-order valence-electron chi connectivity index (χ2n) is 10.5. The third-order valence-corrected chi connectivity index (χ3v) is 8.05. The zero-order valence-corrected chi connectivity index (χ0v) is 22.4. The van der Waals surface area contributed by atoms with Crippen LogP contribution >= 0.6 is 0 Å². The van der Waals surface area contributed by atoms with Gasteiger partial charge in [-0.15, -0.1) is 0 Å². The molecule has 9 rings (SSSR count). The number of rotatable bonds is 3. The molecule has 0 aliphatic rings. The molecule has 196 valence electrons. The summed E-state index contributed by atoms with van der Waals surface area (Å²) in [6.45, 7) is 0. The number of hydrogen-bond donors (Lipinski definition) is 0. The van der Waals surface area contributed by atoms with Crippen LogP contribution in [0.5, 0.6) is 0 Å². The third kappa shape index (κ3) is 3.40. The molecule has 9 aromatic rings. The summed E-state index contributed by atoms with van der Waals surface area (Å²) in [5, 5.41) is 6.77. The van der Waals surface area contributed by atoms with Crippen LogP contribution in [0.1, 0.15) is 0 Å². The minimum absolute atomic E-state index is 0.586. The molecule has 0 bridgehead atoms. The van der Waals surface area contributed by atoms with E-state index >= 15 is 0 Å². The fourth-order valence-corrected chi connectivity index (χ4v) is 6.13. The molecule has 5 nitrogen and oxygen atoms in total. The molecule has 0 unspecified atom stereocenters. The van der Waals surface area contributed by atoms with Crippen molar-refractivity contribution in [2.24, 2.45) is 0 Å². The molecule has 0 N–H and O–H groups in total. The molecule has 42 heavy (non-hydrogen) atoms. The Labute approximate surface area is 240 Å². The van der Waals surface area contributed by atoms with E-state index in [0.29, 0.717) is 17.6 Å². The second kappa shape index (κ2) is 8.85. The smallest absolute Gasteiger partial charge is 0.238 e. The zero-order valence-electron chi connectivity index (χ0n) is 22.4. The summed E-state index contributed by atoms with van der Waals surface area (Å²) in [7, 11) is 0. The Hall–Kier alpha value is -5.81. The molecule has 0 saturated heterocycles. The number of fused-ring (bicyclic) bond motifs is 8. The molecule has 0 aliphatic heterocycles. The fraction of sp³-hybridized carbons (Fsp3) is 0. The van der Waals surface area contributed by atoms with Gasteiger partial charge in [-0.1, -0.05) is 103 Å². The van der Waals surface area contributed by atoms with Crippen molar-refractivity contribution in [3.8, 4) is 28.7 Å². The summed E-state index contributed by atoms with van der Waals surface area (Å²) < 4.78 is 8.33. The monoisotopic (exact) mass is 538 g/mol. The Kier molecular flexibility index (Phi) is 4.83. The molecule has 0 atom stereocenters. The number of benzene rings is 6. The van der Waals surface area contributed by atoms with Crippen molar-refractivity contribution >= 4 is 54.5 Å². The number of para-hydroxylation sites is 3.